The average Bonchev–Trinajstić information content (AvgIpc) is 3.62. The van der Waals surface area contributed by atoms with E-state index in [1.807, 2.05) is 30.3 Å². The lowest BCUT2D eigenvalue weighted by atomic mass is 10.2. The van der Waals surface area contributed by atoms with Crippen molar-refractivity contribution in [2.75, 3.05) is 13.7 Å². The third-order valence-electron chi connectivity index (χ3n) is 5.02. The van der Waals surface area contributed by atoms with Gasteiger partial charge in [-0.25, -0.2) is 4.98 Å². The second-order valence-corrected chi connectivity index (χ2v) is 8.26. The molecular weight excluding hydrogens is 400 g/mol. The van der Waals surface area contributed by atoms with E-state index >= 15 is 0 Å². The number of thioether (sulfide) groups is 1. The number of hydrogen-bond acceptors (Lipinski definition) is 6. The summed E-state index contributed by atoms with van der Waals surface area (Å²) in [5.41, 5.74) is 1.65. The molecule has 30 heavy (non-hydrogen) atoms. The fourth-order valence-electron chi connectivity index (χ4n) is 3.11. The molecular formula is C23H24N2O4S. The highest BCUT2D eigenvalue weighted by Gasteiger charge is 2.30. The molecule has 1 aliphatic carbocycles. The van der Waals surface area contributed by atoms with Crippen LogP contribution in [0.5, 0.6) is 11.5 Å². The van der Waals surface area contributed by atoms with Crippen molar-refractivity contribution in [3.8, 4) is 17.2 Å². The molecule has 0 bridgehead atoms. The van der Waals surface area contributed by atoms with Crippen LogP contribution in [0.3, 0.4) is 0 Å². The summed E-state index contributed by atoms with van der Waals surface area (Å²) in [6, 6.07) is 16.9. The second-order valence-electron chi connectivity index (χ2n) is 7.26. The van der Waals surface area contributed by atoms with Gasteiger partial charge in [-0.1, -0.05) is 30.3 Å². The van der Waals surface area contributed by atoms with Gasteiger partial charge in [0, 0.05) is 17.9 Å². The molecule has 4 rings (SSSR count). The summed E-state index contributed by atoms with van der Waals surface area (Å²) < 4.78 is 12.6. The van der Waals surface area contributed by atoms with Crippen molar-refractivity contribution in [1.82, 2.24) is 9.55 Å². The Hall–Kier alpha value is -2.77. The third-order valence-corrected chi connectivity index (χ3v) is 6.01. The van der Waals surface area contributed by atoms with Crippen LogP contribution in [0.2, 0.25) is 0 Å². The summed E-state index contributed by atoms with van der Waals surface area (Å²) in [5.74, 6) is 2.14. The van der Waals surface area contributed by atoms with Gasteiger partial charge in [-0.05, 0) is 36.5 Å². The maximum Gasteiger partial charge on any atom is 0.258 e. The van der Waals surface area contributed by atoms with Crippen molar-refractivity contribution in [2.45, 2.75) is 29.7 Å². The Kier molecular flexibility index (Phi) is 6.40. The molecule has 0 saturated heterocycles. The molecule has 3 aromatic rings. The van der Waals surface area contributed by atoms with Crippen molar-refractivity contribution in [2.24, 2.45) is 5.92 Å². The number of aliphatic hydroxyl groups is 1. The van der Waals surface area contributed by atoms with E-state index in [4.69, 9.17) is 9.47 Å². The lowest BCUT2D eigenvalue weighted by Gasteiger charge is -2.15. The maximum atomic E-state index is 12.6. The number of ether oxygens (including phenoxy) is 2. The third kappa shape index (κ3) is 5.04. The highest BCUT2D eigenvalue weighted by atomic mass is 32.2. The first-order chi connectivity index (χ1) is 14.6. The number of rotatable bonds is 9. The van der Waals surface area contributed by atoms with E-state index < -0.39 is 6.10 Å². The van der Waals surface area contributed by atoms with Crippen LogP contribution in [0.25, 0.3) is 5.69 Å². The van der Waals surface area contributed by atoms with Crippen molar-refractivity contribution < 1.29 is 14.6 Å². The lowest BCUT2D eigenvalue weighted by Crippen LogP contribution is -2.20. The van der Waals surface area contributed by atoms with Crippen molar-refractivity contribution in [3.05, 3.63) is 76.8 Å². The van der Waals surface area contributed by atoms with Crippen LogP contribution in [0.15, 0.2) is 70.7 Å². The van der Waals surface area contributed by atoms with Gasteiger partial charge >= 0.3 is 0 Å². The molecule has 1 heterocycles. The number of methoxy groups -OCH3 is 1. The van der Waals surface area contributed by atoms with E-state index in [-0.39, 0.29) is 12.2 Å². The van der Waals surface area contributed by atoms with E-state index in [1.54, 1.807) is 25.3 Å². The molecule has 0 radical (unpaired) electrons. The van der Waals surface area contributed by atoms with E-state index in [1.165, 1.54) is 34.3 Å². The number of aliphatic hydroxyl groups excluding tert-OH is 1. The topological polar surface area (TPSA) is 73.6 Å². The van der Waals surface area contributed by atoms with Crippen LogP contribution >= 0.6 is 11.8 Å². The first-order valence-corrected chi connectivity index (χ1v) is 10.9. The zero-order chi connectivity index (χ0) is 20.9. The Balaban J connectivity index is 1.46. The predicted molar refractivity (Wildman–Crippen MR) is 117 cm³/mol. The van der Waals surface area contributed by atoms with Gasteiger partial charge in [0.15, 0.2) is 11.5 Å². The Bertz CT molecular complexity index is 1050. The molecule has 6 nitrogen and oxygen atoms in total. The van der Waals surface area contributed by atoms with Crippen LogP contribution in [-0.4, -0.2) is 34.5 Å². The standard InChI is InChI=1S/C23H24N2O4S/c1-28-21-11-18(9-10-20(21)29-13-19(26)17-7-8-17)25-15-24-22(12-23(25)27)30-14-16-5-3-2-4-6-16/h2-6,9-12,15,17,19,26H,7-8,13-14H2,1H3. The van der Waals surface area contributed by atoms with Crippen molar-refractivity contribution in [1.29, 1.82) is 0 Å². The van der Waals surface area contributed by atoms with Crippen LogP contribution < -0.4 is 15.0 Å². The molecule has 1 atom stereocenters. The van der Waals surface area contributed by atoms with Gasteiger partial charge in [0.25, 0.3) is 5.56 Å². The number of benzene rings is 2. The van der Waals surface area contributed by atoms with Gasteiger partial charge in [-0.2, -0.15) is 0 Å². The van der Waals surface area contributed by atoms with Gasteiger partial charge in [0.05, 0.1) is 18.9 Å². The van der Waals surface area contributed by atoms with Crippen LogP contribution in [0, 0.1) is 5.92 Å². The van der Waals surface area contributed by atoms with Gasteiger partial charge < -0.3 is 14.6 Å². The molecule has 2 aromatic carbocycles. The van der Waals surface area contributed by atoms with Crippen molar-refractivity contribution >= 4 is 11.8 Å². The molecule has 1 saturated carbocycles. The highest BCUT2D eigenvalue weighted by Crippen LogP contribution is 2.34. The first-order valence-electron chi connectivity index (χ1n) is 9.89. The fourth-order valence-corrected chi connectivity index (χ4v) is 3.92. The van der Waals surface area contributed by atoms with Gasteiger partial charge in [0.1, 0.15) is 18.0 Å². The molecule has 1 aromatic heterocycles. The summed E-state index contributed by atoms with van der Waals surface area (Å²) >= 11 is 1.53. The SMILES string of the molecule is COc1cc(-n2cnc(SCc3ccccc3)cc2=O)ccc1OCC(O)C1CC1. The molecule has 0 amide bonds. The molecule has 0 aliphatic heterocycles. The number of hydrogen-bond donors (Lipinski definition) is 1. The highest BCUT2D eigenvalue weighted by molar-refractivity contribution is 7.98. The smallest absolute Gasteiger partial charge is 0.258 e. The minimum Gasteiger partial charge on any atom is -0.493 e. The summed E-state index contributed by atoms with van der Waals surface area (Å²) in [6.45, 7) is 0.231. The van der Waals surface area contributed by atoms with E-state index in [0.717, 1.165) is 18.6 Å². The number of aromatic nitrogens is 2. The van der Waals surface area contributed by atoms with E-state index in [0.29, 0.717) is 28.1 Å². The fraction of sp³-hybridized carbons (Fsp3) is 0.304. The van der Waals surface area contributed by atoms with Gasteiger partial charge in [0.2, 0.25) is 0 Å². The molecule has 1 unspecified atom stereocenters. The second kappa shape index (κ2) is 9.36. The van der Waals surface area contributed by atoms with E-state index in [9.17, 15) is 9.90 Å². The Morgan fingerprint density at radius 2 is 1.97 bits per heavy atom. The zero-order valence-corrected chi connectivity index (χ0v) is 17.5. The Labute approximate surface area is 179 Å². The lowest BCUT2D eigenvalue weighted by molar-refractivity contribution is 0.0880. The number of nitrogens with zero attached hydrogens (tertiary/aromatic N) is 2. The summed E-state index contributed by atoms with van der Waals surface area (Å²) in [6.07, 6.45) is 3.18. The quantitative estimate of drug-likeness (QED) is 0.417. The van der Waals surface area contributed by atoms with Gasteiger partial charge in [-0.3, -0.25) is 9.36 Å². The predicted octanol–water partition coefficient (Wildman–Crippen LogP) is 3.68. The minimum atomic E-state index is -0.456. The van der Waals surface area contributed by atoms with E-state index in [2.05, 4.69) is 4.98 Å². The average molecular weight is 425 g/mol. The monoisotopic (exact) mass is 424 g/mol. The molecule has 156 valence electrons. The normalized spacial score (nSPS) is 14.3. The summed E-state index contributed by atoms with van der Waals surface area (Å²) in [4.78, 5) is 17.1. The van der Waals surface area contributed by atoms with Gasteiger partial charge in [-0.15, -0.1) is 11.8 Å². The first kappa shape index (κ1) is 20.5. The summed E-state index contributed by atoms with van der Waals surface area (Å²) in [7, 11) is 1.55. The maximum absolute atomic E-state index is 12.6. The van der Waals surface area contributed by atoms with Crippen LogP contribution in [0.4, 0.5) is 0 Å². The Morgan fingerprint density at radius 1 is 1.17 bits per heavy atom. The Morgan fingerprint density at radius 3 is 2.67 bits per heavy atom. The van der Waals surface area contributed by atoms with Crippen LogP contribution in [-0.2, 0) is 5.75 Å². The molecule has 1 fully saturated rings. The molecule has 0 spiro atoms. The molecule has 1 N–H and O–H groups in total. The molecule has 1 aliphatic rings. The minimum absolute atomic E-state index is 0.166. The van der Waals surface area contributed by atoms with Crippen LogP contribution in [0.1, 0.15) is 18.4 Å². The summed E-state index contributed by atoms with van der Waals surface area (Å²) in [5, 5.41) is 10.7. The zero-order valence-electron chi connectivity index (χ0n) is 16.7. The van der Waals surface area contributed by atoms with Crippen molar-refractivity contribution in [3.63, 3.8) is 0 Å². The largest absolute Gasteiger partial charge is 0.493 e. The molecule has 7 heteroatoms.